The summed E-state index contributed by atoms with van der Waals surface area (Å²) in [6.45, 7) is 2.26. The normalized spacial score (nSPS) is 20.2. The van der Waals surface area contributed by atoms with Crippen molar-refractivity contribution in [3.63, 3.8) is 0 Å². The van der Waals surface area contributed by atoms with E-state index in [0.29, 0.717) is 12.3 Å². The van der Waals surface area contributed by atoms with Crippen LogP contribution in [0.5, 0.6) is 0 Å². The number of carbonyl (C=O) groups is 2. The number of benzene rings is 2. The van der Waals surface area contributed by atoms with Crippen molar-refractivity contribution in [3.8, 4) is 0 Å². The molecule has 25 heavy (non-hydrogen) atoms. The van der Waals surface area contributed by atoms with Crippen LogP contribution in [0.15, 0.2) is 64.2 Å². The van der Waals surface area contributed by atoms with Gasteiger partial charge in [0.1, 0.15) is 5.92 Å². The summed E-state index contributed by atoms with van der Waals surface area (Å²) in [6.07, 6.45) is 0. The number of nitrogens with one attached hydrogen (secondary N) is 2. The summed E-state index contributed by atoms with van der Waals surface area (Å²) in [4.78, 5) is 24.7. The number of halogens is 1. The molecule has 2 atom stereocenters. The van der Waals surface area contributed by atoms with Gasteiger partial charge >= 0.3 is 0 Å². The number of nitrogens with zero attached hydrogens (tertiary/aromatic N) is 1. The minimum absolute atomic E-state index is 0.185. The molecule has 5 nitrogen and oxygen atoms in total. The molecule has 0 aliphatic carbocycles. The molecule has 1 saturated heterocycles. The average molecular weight is 400 g/mol. The van der Waals surface area contributed by atoms with Gasteiger partial charge in [-0.3, -0.25) is 9.59 Å². The Morgan fingerprint density at radius 1 is 1.20 bits per heavy atom. The Bertz CT molecular complexity index is 820. The van der Waals surface area contributed by atoms with Crippen LogP contribution in [0.1, 0.15) is 24.0 Å². The first kappa shape index (κ1) is 17.4. The highest BCUT2D eigenvalue weighted by molar-refractivity contribution is 9.10. The van der Waals surface area contributed by atoms with Crippen LogP contribution in [0.3, 0.4) is 0 Å². The van der Waals surface area contributed by atoms with Crippen LogP contribution < -0.4 is 10.7 Å². The van der Waals surface area contributed by atoms with Gasteiger partial charge in [0.25, 0.3) is 5.91 Å². The van der Waals surface area contributed by atoms with Crippen molar-refractivity contribution in [3.05, 3.63) is 70.2 Å². The maximum Gasteiger partial charge on any atom is 0.253 e. The number of amides is 2. The van der Waals surface area contributed by atoms with E-state index in [4.69, 9.17) is 0 Å². The molecule has 0 bridgehead atoms. The summed E-state index contributed by atoms with van der Waals surface area (Å²) in [6, 6.07) is 17.2. The Morgan fingerprint density at radius 2 is 1.96 bits per heavy atom. The lowest BCUT2D eigenvalue weighted by atomic mass is 9.88. The van der Waals surface area contributed by atoms with E-state index < -0.39 is 11.8 Å². The molecule has 0 radical (unpaired) electrons. The van der Waals surface area contributed by atoms with Crippen molar-refractivity contribution >= 4 is 33.5 Å². The van der Waals surface area contributed by atoms with Gasteiger partial charge in [-0.25, -0.2) is 5.43 Å². The Hall–Kier alpha value is -2.47. The zero-order valence-electron chi connectivity index (χ0n) is 13.7. The quantitative estimate of drug-likeness (QED) is 0.471. The number of carbonyl (C=O) groups excluding carboxylic acids is 2. The van der Waals surface area contributed by atoms with Gasteiger partial charge in [0.05, 0.1) is 5.71 Å². The van der Waals surface area contributed by atoms with E-state index in [2.05, 4.69) is 31.8 Å². The fourth-order valence-electron chi connectivity index (χ4n) is 2.92. The lowest BCUT2D eigenvalue weighted by Crippen LogP contribution is -2.35. The highest BCUT2D eigenvalue weighted by Gasteiger charge is 2.40. The van der Waals surface area contributed by atoms with E-state index >= 15 is 0 Å². The van der Waals surface area contributed by atoms with Crippen molar-refractivity contribution in [2.24, 2.45) is 11.0 Å². The number of hydrogen-bond donors (Lipinski definition) is 2. The predicted molar refractivity (Wildman–Crippen MR) is 100 cm³/mol. The molecule has 0 saturated carbocycles. The molecule has 0 spiro atoms. The molecule has 0 aromatic heterocycles. The average Bonchev–Trinajstić information content (AvgIpc) is 3.02. The highest BCUT2D eigenvalue weighted by atomic mass is 79.9. The number of rotatable bonds is 4. The minimum Gasteiger partial charge on any atom is -0.355 e. The topological polar surface area (TPSA) is 70.6 Å². The molecule has 1 fully saturated rings. The number of hydrogen-bond acceptors (Lipinski definition) is 3. The highest BCUT2D eigenvalue weighted by Crippen LogP contribution is 2.29. The maximum atomic E-state index is 12.6. The number of hydrazone groups is 1. The largest absolute Gasteiger partial charge is 0.355 e. The monoisotopic (exact) mass is 399 g/mol. The van der Waals surface area contributed by atoms with Gasteiger partial charge in [0.15, 0.2) is 0 Å². The molecule has 2 aromatic rings. The second-order valence-electron chi connectivity index (χ2n) is 5.92. The Morgan fingerprint density at radius 3 is 2.68 bits per heavy atom. The molecule has 128 valence electrons. The second kappa shape index (κ2) is 7.61. The molecule has 6 heteroatoms. The van der Waals surface area contributed by atoms with Crippen LogP contribution in [0.25, 0.3) is 0 Å². The molecule has 1 heterocycles. The van der Waals surface area contributed by atoms with Crippen LogP contribution in [0, 0.1) is 5.92 Å². The lowest BCUT2D eigenvalue weighted by molar-refractivity contribution is -0.133. The Balaban J connectivity index is 1.75. The van der Waals surface area contributed by atoms with Gasteiger partial charge in [-0.15, -0.1) is 0 Å². The third-order valence-corrected chi connectivity index (χ3v) is 4.76. The fraction of sp³-hybridized carbons (Fsp3) is 0.211. The van der Waals surface area contributed by atoms with E-state index in [9.17, 15) is 9.59 Å². The zero-order chi connectivity index (χ0) is 17.8. The van der Waals surface area contributed by atoms with Crippen molar-refractivity contribution < 1.29 is 9.59 Å². The van der Waals surface area contributed by atoms with E-state index in [1.807, 2.05) is 61.5 Å². The minimum atomic E-state index is -0.776. The summed E-state index contributed by atoms with van der Waals surface area (Å²) in [7, 11) is 0. The van der Waals surface area contributed by atoms with Gasteiger partial charge < -0.3 is 5.32 Å². The SMILES string of the molecule is C/C(=N\NC(=O)[C@@H]1C(=O)NC[C@H]1c1ccccc1)c1cccc(Br)c1. The molecule has 0 unspecified atom stereocenters. The molecule has 1 aliphatic heterocycles. The molecule has 2 N–H and O–H groups in total. The summed E-state index contributed by atoms with van der Waals surface area (Å²) < 4.78 is 0.935. The molecule has 2 aromatic carbocycles. The van der Waals surface area contributed by atoms with Crippen LogP contribution in [0.2, 0.25) is 0 Å². The van der Waals surface area contributed by atoms with Crippen molar-refractivity contribution in [1.82, 2.24) is 10.7 Å². The van der Waals surface area contributed by atoms with E-state index in [-0.39, 0.29) is 11.8 Å². The summed E-state index contributed by atoms with van der Waals surface area (Å²) in [5, 5.41) is 6.93. The molecule has 2 amide bonds. The fourth-order valence-corrected chi connectivity index (χ4v) is 3.32. The van der Waals surface area contributed by atoms with Gasteiger partial charge in [0.2, 0.25) is 5.91 Å². The first-order chi connectivity index (χ1) is 12.1. The first-order valence-electron chi connectivity index (χ1n) is 7.99. The second-order valence-corrected chi connectivity index (χ2v) is 6.84. The van der Waals surface area contributed by atoms with E-state index in [1.165, 1.54) is 0 Å². The van der Waals surface area contributed by atoms with Gasteiger partial charge in [-0.1, -0.05) is 58.4 Å². The Labute approximate surface area is 154 Å². The Kier molecular flexibility index (Phi) is 5.28. The first-order valence-corrected chi connectivity index (χ1v) is 8.78. The van der Waals surface area contributed by atoms with Crippen LogP contribution in [0.4, 0.5) is 0 Å². The predicted octanol–water partition coefficient (Wildman–Crippen LogP) is 2.82. The van der Waals surface area contributed by atoms with Gasteiger partial charge in [0, 0.05) is 16.9 Å². The maximum absolute atomic E-state index is 12.6. The summed E-state index contributed by atoms with van der Waals surface area (Å²) in [5.41, 5.74) is 5.08. The summed E-state index contributed by atoms with van der Waals surface area (Å²) in [5.74, 6) is -1.61. The molecule has 3 rings (SSSR count). The van der Waals surface area contributed by atoms with Crippen LogP contribution in [-0.2, 0) is 9.59 Å². The standard InChI is InChI=1S/C19H18BrN3O2/c1-12(14-8-5-9-15(20)10-14)22-23-19(25)17-16(11-21-18(17)24)13-6-3-2-4-7-13/h2-10,16-17H,11H2,1H3,(H,21,24)(H,23,25)/b22-12+/t16-,17-/m0/s1. The van der Waals surface area contributed by atoms with E-state index in [1.54, 1.807) is 0 Å². The molecular weight excluding hydrogens is 382 g/mol. The van der Waals surface area contributed by atoms with Gasteiger partial charge in [-0.05, 0) is 30.2 Å². The smallest absolute Gasteiger partial charge is 0.253 e. The zero-order valence-corrected chi connectivity index (χ0v) is 15.3. The molecular formula is C19H18BrN3O2. The summed E-state index contributed by atoms with van der Waals surface area (Å²) >= 11 is 3.41. The van der Waals surface area contributed by atoms with Crippen molar-refractivity contribution in [2.45, 2.75) is 12.8 Å². The van der Waals surface area contributed by atoms with Crippen LogP contribution >= 0.6 is 15.9 Å². The van der Waals surface area contributed by atoms with E-state index in [0.717, 1.165) is 15.6 Å². The lowest BCUT2D eigenvalue weighted by Gasteiger charge is -2.15. The third kappa shape index (κ3) is 3.96. The van der Waals surface area contributed by atoms with Gasteiger partial charge in [-0.2, -0.15) is 5.10 Å². The van der Waals surface area contributed by atoms with Crippen molar-refractivity contribution in [2.75, 3.05) is 6.54 Å². The van der Waals surface area contributed by atoms with Crippen molar-refractivity contribution in [1.29, 1.82) is 0 Å². The molecule has 1 aliphatic rings. The third-order valence-electron chi connectivity index (χ3n) is 4.27. The van der Waals surface area contributed by atoms with Crippen LogP contribution in [-0.4, -0.2) is 24.1 Å².